The summed E-state index contributed by atoms with van der Waals surface area (Å²) >= 11 is 2.50. The van der Waals surface area contributed by atoms with Crippen molar-refractivity contribution in [3.8, 4) is 45.0 Å². The van der Waals surface area contributed by atoms with Crippen molar-refractivity contribution in [1.29, 1.82) is 0 Å². The van der Waals surface area contributed by atoms with E-state index < -0.39 is 61.9 Å². The van der Waals surface area contributed by atoms with Crippen molar-refractivity contribution < 1.29 is 150 Å². The minimum absolute atomic E-state index is 0. The van der Waals surface area contributed by atoms with Crippen LogP contribution in [0.1, 0.15) is 36.1 Å². The van der Waals surface area contributed by atoms with Crippen molar-refractivity contribution in [1.82, 2.24) is 39.9 Å². The Morgan fingerprint density at radius 2 is 0.463 bits per heavy atom. The second-order valence-corrected chi connectivity index (χ2v) is 32.9. The summed E-state index contributed by atoms with van der Waals surface area (Å²) in [6, 6.07) is 91.6. The molecule has 0 unspecified atom stereocenters. The minimum Gasteiger partial charge on any atom is -0.265 e. The Morgan fingerprint density at radius 3 is 0.640 bits per heavy atom. The summed E-state index contributed by atoms with van der Waals surface area (Å²) in [5, 5.41) is 37.0. The van der Waals surface area contributed by atoms with E-state index in [-0.39, 0.29) is 94.3 Å². The van der Waals surface area contributed by atoms with Crippen molar-refractivity contribution >= 4 is 86.2 Å². The first-order chi connectivity index (χ1) is 64.3. The van der Waals surface area contributed by atoms with Crippen LogP contribution < -0.4 is 0 Å². The number of aliphatic carboxylic acids is 2. The number of pyridine rings is 8. The Morgan fingerprint density at radius 1 is 0.279 bits per heavy atom. The summed E-state index contributed by atoms with van der Waals surface area (Å²) in [6.07, 6.45) is 20.4. The molecular formula is C96H86F2N14O16Pd4S4-2. The summed E-state index contributed by atoms with van der Waals surface area (Å²) in [4.78, 5) is 71.5. The van der Waals surface area contributed by atoms with E-state index in [2.05, 4.69) is 58.8 Å². The quantitative estimate of drug-likeness (QED) is 0.0457. The molecule has 716 valence electrons. The van der Waals surface area contributed by atoms with Gasteiger partial charge in [0, 0.05) is 153 Å². The van der Waals surface area contributed by atoms with Gasteiger partial charge in [-0.3, -0.25) is 69.7 Å². The van der Waals surface area contributed by atoms with Gasteiger partial charge in [-0.05, 0) is 196 Å². The van der Waals surface area contributed by atoms with Crippen LogP contribution in [0.25, 0.3) is 63.9 Å². The number of hydrogen-bond donors (Lipinski definition) is 2. The van der Waals surface area contributed by atoms with Gasteiger partial charge < -0.3 is 29.1 Å². The van der Waals surface area contributed by atoms with Crippen molar-refractivity contribution in [3.05, 3.63) is 463 Å². The summed E-state index contributed by atoms with van der Waals surface area (Å²) in [7, 11) is -15.5. The predicted octanol–water partition coefficient (Wildman–Crippen LogP) is 23.0. The Hall–Kier alpha value is -13.8. The molecule has 16 aromatic rings. The molecule has 0 aliphatic heterocycles. The van der Waals surface area contributed by atoms with Crippen molar-refractivity contribution in [2.75, 3.05) is 0 Å². The number of sulfonamides is 4. The van der Waals surface area contributed by atoms with E-state index in [4.69, 9.17) is 19.8 Å². The van der Waals surface area contributed by atoms with Gasteiger partial charge in [-0.15, -0.1) is 22.7 Å². The average molecular weight is 2280 g/mol. The number of carboxylic acid groups (broad SMARTS) is 2. The van der Waals surface area contributed by atoms with E-state index in [0.717, 1.165) is 36.1 Å². The van der Waals surface area contributed by atoms with E-state index in [9.17, 15) is 60.3 Å². The molecule has 0 saturated heterocycles. The number of halogens is 2. The predicted molar refractivity (Wildman–Crippen MR) is 503 cm³/mol. The van der Waals surface area contributed by atoms with Crippen molar-refractivity contribution in [2.24, 2.45) is 0 Å². The molecule has 0 bridgehead atoms. The standard InChI is InChI=1S/2C18H14N3O4S.2C18H15N2O2S.4C5H5N.2C2H4O2.2FH.4Pd/c2*1-13-5-8-15(9-6-13)26(24,25)20-18-10-7-14(21(22)23)12-16(18)17-4-2-3-11-19-17;2*1-14-9-11-15(12-10-14)23(21,22)20-18-8-3-2-6-16(18)17-7-4-5-13-19-17;4*1-2-4-6-5-3-1;2*1-2(3)4;;;;;;/h2*2-12H,1H3;2*2-13H,1H3;4*1-5H;2*1H3,(H,3,4);2*1H;;;;/q4*-1;;;;;;;;;;;2*+2/p-2. The molecule has 0 spiro atoms. The molecule has 0 saturated carbocycles. The van der Waals surface area contributed by atoms with Gasteiger partial charge in [0.15, 0.2) is 0 Å². The van der Waals surface area contributed by atoms with Crippen LogP contribution in [0, 0.1) is 47.9 Å². The number of non-ortho nitro benzene ring substituents is 2. The number of aromatic nitrogens is 8. The smallest absolute Gasteiger partial charge is 0.0267 e. The molecule has 16 rings (SSSR count). The molecule has 0 fully saturated rings. The maximum Gasteiger partial charge on any atom is 0.0267 e. The van der Waals surface area contributed by atoms with Gasteiger partial charge in [0.05, 0.1) is 52.2 Å². The van der Waals surface area contributed by atoms with Gasteiger partial charge in [0.2, 0.25) is 0 Å². The van der Waals surface area contributed by atoms with Crippen LogP contribution in [0.5, 0.6) is 0 Å². The first kappa shape index (κ1) is 116. The Kier molecular flexibility index (Phi) is 54.3. The number of aryl methyl sites for hydroxylation is 4. The van der Waals surface area contributed by atoms with E-state index in [1.165, 1.54) is 112 Å². The van der Waals surface area contributed by atoms with Gasteiger partial charge in [-0.1, -0.05) is 180 Å². The number of carbonyl (C=O) groups is 2. The van der Waals surface area contributed by atoms with Crippen LogP contribution >= 0.6 is 0 Å². The Labute approximate surface area is 838 Å². The normalized spacial score (nSPS) is 9.91. The van der Waals surface area contributed by atoms with Gasteiger partial charge in [-0.25, -0.2) is 33.7 Å². The van der Waals surface area contributed by atoms with Gasteiger partial charge in [-0.2, -0.15) is 0 Å². The molecule has 0 amide bonds. The van der Waals surface area contributed by atoms with E-state index >= 15 is 0 Å². The van der Waals surface area contributed by atoms with Gasteiger partial charge in [0.25, 0.3) is 23.3 Å². The van der Waals surface area contributed by atoms with E-state index in [0.29, 0.717) is 45.3 Å². The van der Waals surface area contributed by atoms with Crippen molar-refractivity contribution in [3.63, 3.8) is 0 Å². The third kappa shape index (κ3) is 43.5. The van der Waals surface area contributed by atoms with Gasteiger partial charge in [0.1, 0.15) is 40.1 Å². The zero-order valence-electron chi connectivity index (χ0n) is 72.6. The summed E-state index contributed by atoms with van der Waals surface area (Å²) in [5.41, 5.74) is 8.54. The molecule has 0 aliphatic carbocycles. The molecule has 30 nitrogen and oxygen atoms in total. The molecular weight excluding hydrogens is 2200 g/mol. The number of nitro benzene ring substituents is 2. The molecule has 136 heavy (non-hydrogen) atoms. The van der Waals surface area contributed by atoms with Crippen LogP contribution in [0.3, 0.4) is 0 Å². The molecule has 0 aliphatic rings. The van der Waals surface area contributed by atoms with Crippen LogP contribution in [-0.4, -0.2) is 106 Å². The maximum absolute atomic E-state index is 12.6. The fourth-order valence-electron chi connectivity index (χ4n) is 10.3. The monoisotopic (exact) mass is 2280 g/mol. The fourth-order valence-corrected chi connectivity index (χ4v) is 14.3. The molecule has 40 heteroatoms. The second-order valence-electron chi connectivity index (χ2n) is 26.5. The Bertz CT molecular complexity index is 6110. The Balaban J connectivity index is 0.000000413. The summed E-state index contributed by atoms with van der Waals surface area (Å²) < 4.78 is 135. The zero-order valence-corrected chi connectivity index (χ0v) is 82.1. The average Bonchev–Trinajstić information content (AvgIpc) is 0.778. The minimum atomic E-state index is -3.97. The van der Waals surface area contributed by atoms with Gasteiger partial charge >= 0.3 is 45.9 Å². The second kappa shape index (κ2) is 63.4. The molecule has 8 aromatic heterocycles. The zero-order chi connectivity index (χ0) is 98.2. The molecule has 8 aromatic carbocycles. The van der Waals surface area contributed by atoms with Crippen LogP contribution in [0.4, 0.5) is 40.6 Å². The topological polar surface area (TPSA) is 457 Å². The number of nitrogens with zero attached hydrogens (tertiary/aromatic N) is 14. The van der Waals surface area contributed by atoms with Crippen LogP contribution in [0.15, 0.2) is 422 Å². The molecule has 8 heterocycles. The fraction of sp³-hybridized carbons (Fsp3) is 0.0625. The number of nitro groups is 2. The summed E-state index contributed by atoms with van der Waals surface area (Å²) in [5.74, 6) is -1.67. The van der Waals surface area contributed by atoms with E-state index in [1.807, 2.05) is 161 Å². The summed E-state index contributed by atoms with van der Waals surface area (Å²) in [6.45, 7) is 9.68. The third-order valence-corrected chi connectivity index (χ3v) is 21.6. The number of carboxylic acids is 2. The largest absolute Gasteiger partial charge is 0.265 e. The SMILES string of the molecule is CC(=O)O.CC(=O)O.Cc1ccc(S(=O)(=O)[N-]c2ccc([N+](=O)[O-])cc2-c2ccccn2)cc1.Cc1ccc(S(=O)(=O)[N-]c2ccc([N+](=O)[O-])cc2-c2ccccn2)cc1.Cc1ccc(S(=O)(=O)[N-]c2ccccc2-c2ccccn2)cc1.Cc1ccc(S(=O)(=O)[N-]c2ccccc2-c2ccccn2)cc1.[F][Pd+].[F][Pd+].[Pd].[Pd].c1ccncc1.c1ccncc1.c1ccncc1.c1ccncc1. The number of hydrogen-bond acceptors (Lipinski definition) is 22. The van der Waals surface area contributed by atoms with Crippen molar-refractivity contribution in [2.45, 2.75) is 61.1 Å². The third-order valence-electron chi connectivity index (χ3n) is 16.4. The first-order valence-electron chi connectivity index (χ1n) is 38.9. The number of benzene rings is 8. The maximum atomic E-state index is 12.6. The molecule has 2 N–H and O–H groups in total. The first-order valence-corrected chi connectivity index (χ1v) is 45.9. The van der Waals surface area contributed by atoms with Crippen LogP contribution in [0.2, 0.25) is 0 Å². The molecule has 0 atom stereocenters. The molecule has 0 radical (unpaired) electrons. The van der Waals surface area contributed by atoms with E-state index in [1.54, 1.807) is 195 Å². The number of rotatable bonds is 18. The van der Waals surface area contributed by atoms with Crippen LogP contribution in [-0.2, 0) is 130 Å².